The van der Waals surface area contributed by atoms with E-state index in [0.717, 1.165) is 0 Å². The molecule has 0 saturated carbocycles. The van der Waals surface area contributed by atoms with E-state index in [9.17, 15) is 18.3 Å². The maximum absolute atomic E-state index is 12.4. The molecule has 0 radical (unpaired) electrons. The Morgan fingerprint density at radius 3 is 2.55 bits per heavy atom. The molecule has 0 aliphatic carbocycles. The zero-order valence-corrected chi connectivity index (χ0v) is 12.5. The molecule has 2 N–H and O–H groups in total. The van der Waals surface area contributed by atoms with E-state index in [0.29, 0.717) is 11.3 Å². The van der Waals surface area contributed by atoms with Crippen molar-refractivity contribution in [2.75, 3.05) is 19.7 Å². The van der Waals surface area contributed by atoms with Gasteiger partial charge in [-0.1, -0.05) is 0 Å². The monoisotopic (exact) mass is 302 g/mol. The summed E-state index contributed by atoms with van der Waals surface area (Å²) in [7, 11) is -3.69. The second kappa shape index (κ2) is 5.19. The highest BCUT2D eigenvalue weighted by Crippen LogP contribution is 2.29. The van der Waals surface area contributed by atoms with Crippen molar-refractivity contribution in [1.29, 1.82) is 0 Å². The number of aliphatic hydroxyl groups excluding tert-OH is 1. The number of sulfonamides is 1. The van der Waals surface area contributed by atoms with Gasteiger partial charge in [-0.2, -0.15) is 4.31 Å². The predicted molar refractivity (Wildman–Crippen MR) is 71.0 cm³/mol. The van der Waals surface area contributed by atoms with Gasteiger partial charge < -0.3 is 14.8 Å². The van der Waals surface area contributed by atoms with Gasteiger partial charge in [-0.3, -0.25) is 0 Å². The van der Waals surface area contributed by atoms with E-state index in [1.54, 1.807) is 20.8 Å². The highest BCUT2D eigenvalue weighted by molar-refractivity contribution is 7.89. The van der Waals surface area contributed by atoms with Gasteiger partial charge in [0.25, 0.3) is 0 Å². The van der Waals surface area contributed by atoms with Crippen LogP contribution in [0.25, 0.3) is 0 Å². The van der Waals surface area contributed by atoms with Crippen molar-refractivity contribution in [2.24, 2.45) is 0 Å². The van der Waals surface area contributed by atoms with E-state index in [1.165, 1.54) is 4.31 Å². The van der Waals surface area contributed by atoms with E-state index in [4.69, 9.17) is 4.74 Å². The molecule has 0 amide bonds. The van der Waals surface area contributed by atoms with Crippen molar-refractivity contribution in [1.82, 2.24) is 9.29 Å². The largest absolute Gasteiger partial charge is 0.461 e. The van der Waals surface area contributed by atoms with Crippen molar-refractivity contribution in [3.63, 3.8) is 0 Å². The van der Waals surface area contributed by atoms with Crippen LogP contribution in [-0.2, 0) is 14.8 Å². The second-order valence-corrected chi connectivity index (χ2v) is 6.65. The average Bonchev–Trinajstić information content (AvgIpc) is 2.61. The minimum Gasteiger partial charge on any atom is -0.461 e. The fourth-order valence-corrected chi connectivity index (χ4v) is 4.19. The van der Waals surface area contributed by atoms with Gasteiger partial charge in [0.2, 0.25) is 10.0 Å². The normalized spacial score (nSPS) is 17.0. The average molecular weight is 302 g/mol. The number of β-amino-alcohol motifs (C(OH)–C–C–N with tert-alkyl or cyclic N) is 1. The number of aromatic amines is 1. The number of rotatable bonds is 4. The minimum atomic E-state index is -3.69. The molecule has 0 spiro atoms. The molecule has 0 unspecified atom stereocenters. The number of esters is 1. The molecule has 1 saturated heterocycles. The Bertz CT molecular complexity index is 629. The van der Waals surface area contributed by atoms with Crippen LogP contribution in [0.4, 0.5) is 0 Å². The fourth-order valence-electron chi connectivity index (χ4n) is 2.27. The predicted octanol–water partition coefficient (Wildman–Crippen LogP) is 0.173. The van der Waals surface area contributed by atoms with E-state index in [1.807, 2.05) is 0 Å². The molecule has 7 nitrogen and oxygen atoms in total. The molecule has 1 fully saturated rings. The smallest absolute Gasteiger partial charge is 0.355 e. The lowest BCUT2D eigenvalue weighted by molar-refractivity contribution is 0.0518. The first kappa shape index (κ1) is 15.0. The van der Waals surface area contributed by atoms with Gasteiger partial charge in [-0.15, -0.1) is 0 Å². The van der Waals surface area contributed by atoms with Gasteiger partial charge in [-0.05, 0) is 20.8 Å². The number of carbonyl (C=O) groups excluding carboxylic acids is 1. The van der Waals surface area contributed by atoms with Gasteiger partial charge in [-0.25, -0.2) is 13.2 Å². The third kappa shape index (κ3) is 2.34. The van der Waals surface area contributed by atoms with E-state index < -0.39 is 22.1 Å². The van der Waals surface area contributed by atoms with Gasteiger partial charge >= 0.3 is 5.97 Å². The van der Waals surface area contributed by atoms with Crippen LogP contribution in [0, 0.1) is 13.8 Å². The summed E-state index contributed by atoms with van der Waals surface area (Å²) in [6.07, 6.45) is -0.617. The second-order valence-electron chi connectivity index (χ2n) is 4.78. The summed E-state index contributed by atoms with van der Waals surface area (Å²) in [5.41, 5.74) is 0.901. The van der Waals surface area contributed by atoms with Crippen LogP contribution in [0.2, 0.25) is 0 Å². The molecule has 0 atom stereocenters. The van der Waals surface area contributed by atoms with Gasteiger partial charge in [0.05, 0.1) is 12.7 Å². The Hall–Kier alpha value is -1.38. The quantitative estimate of drug-likeness (QED) is 0.773. The number of hydrogen-bond acceptors (Lipinski definition) is 5. The molecule has 20 heavy (non-hydrogen) atoms. The lowest BCUT2D eigenvalue weighted by atomic mass is 10.2. The maximum Gasteiger partial charge on any atom is 0.355 e. The van der Waals surface area contributed by atoms with Gasteiger partial charge in [0.1, 0.15) is 10.6 Å². The zero-order valence-electron chi connectivity index (χ0n) is 11.6. The topological polar surface area (TPSA) is 99.7 Å². The number of H-pyrrole nitrogens is 1. The van der Waals surface area contributed by atoms with Crippen molar-refractivity contribution >= 4 is 16.0 Å². The number of nitrogens with one attached hydrogen (secondary N) is 1. The number of aliphatic hydroxyl groups is 1. The summed E-state index contributed by atoms with van der Waals surface area (Å²) in [4.78, 5) is 14.6. The van der Waals surface area contributed by atoms with Gasteiger partial charge in [0, 0.05) is 24.3 Å². The third-order valence-corrected chi connectivity index (χ3v) is 5.38. The van der Waals surface area contributed by atoms with Crippen LogP contribution >= 0.6 is 0 Å². The van der Waals surface area contributed by atoms with Crippen LogP contribution < -0.4 is 0 Å². The SMILES string of the molecule is CCOC(=O)c1[nH]c(C)c(S(=O)(=O)N2CC(O)C2)c1C. The summed E-state index contributed by atoms with van der Waals surface area (Å²) in [5.74, 6) is -0.571. The number of ether oxygens (including phenoxy) is 1. The molecule has 1 aromatic heterocycles. The summed E-state index contributed by atoms with van der Waals surface area (Å²) in [6, 6.07) is 0. The molecule has 8 heteroatoms. The van der Waals surface area contributed by atoms with E-state index in [2.05, 4.69) is 4.98 Å². The molecule has 1 aliphatic rings. The highest BCUT2D eigenvalue weighted by atomic mass is 32.2. The first-order valence-electron chi connectivity index (χ1n) is 6.33. The summed E-state index contributed by atoms with van der Waals surface area (Å²) in [5, 5.41) is 9.24. The first-order valence-corrected chi connectivity index (χ1v) is 7.77. The molecule has 2 rings (SSSR count). The van der Waals surface area contributed by atoms with Crippen LogP contribution in [0.1, 0.15) is 28.7 Å². The standard InChI is InChI=1S/C12H18N2O5S/c1-4-19-12(16)10-7(2)11(8(3)13-10)20(17,18)14-5-9(15)6-14/h9,13,15H,4-6H2,1-3H3. The Balaban J connectivity index is 2.40. The van der Waals surface area contributed by atoms with Crippen LogP contribution in [0.3, 0.4) is 0 Å². The Morgan fingerprint density at radius 2 is 2.05 bits per heavy atom. The molecule has 0 bridgehead atoms. The minimum absolute atomic E-state index is 0.0845. The number of aryl methyl sites for hydroxylation is 1. The highest BCUT2D eigenvalue weighted by Gasteiger charge is 2.38. The third-order valence-electron chi connectivity index (χ3n) is 3.27. The van der Waals surface area contributed by atoms with Crippen LogP contribution in [-0.4, -0.2) is 54.6 Å². The lowest BCUT2D eigenvalue weighted by Crippen LogP contribution is -2.53. The number of nitrogens with zero attached hydrogens (tertiary/aromatic N) is 1. The number of hydrogen-bond donors (Lipinski definition) is 2. The van der Waals surface area contributed by atoms with Crippen LogP contribution in [0.15, 0.2) is 4.90 Å². The zero-order chi connectivity index (χ0) is 15.1. The van der Waals surface area contributed by atoms with Crippen molar-refractivity contribution in [3.05, 3.63) is 17.0 Å². The molecule has 2 heterocycles. The number of carbonyl (C=O) groups is 1. The van der Waals surface area contributed by atoms with Gasteiger partial charge in [0.15, 0.2) is 0 Å². The summed E-state index contributed by atoms with van der Waals surface area (Å²) >= 11 is 0. The molecule has 0 aromatic carbocycles. The fraction of sp³-hybridized carbons (Fsp3) is 0.583. The first-order chi connectivity index (χ1) is 9.28. The Labute approximate surface area is 117 Å². The summed E-state index contributed by atoms with van der Waals surface area (Å²) < 4.78 is 31.0. The molecular weight excluding hydrogens is 284 g/mol. The maximum atomic E-state index is 12.4. The molecular formula is C12H18N2O5S. The van der Waals surface area contributed by atoms with E-state index >= 15 is 0 Å². The Kier molecular flexibility index (Phi) is 3.90. The Morgan fingerprint density at radius 1 is 1.45 bits per heavy atom. The van der Waals surface area contributed by atoms with Crippen molar-refractivity contribution in [3.8, 4) is 0 Å². The van der Waals surface area contributed by atoms with Crippen molar-refractivity contribution < 1.29 is 23.1 Å². The van der Waals surface area contributed by atoms with E-state index in [-0.39, 0.29) is 30.3 Å². The molecule has 112 valence electrons. The van der Waals surface area contributed by atoms with Crippen LogP contribution in [0.5, 0.6) is 0 Å². The summed E-state index contributed by atoms with van der Waals surface area (Å²) in [6.45, 7) is 5.23. The molecule has 1 aromatic rings. The lowest BCUT2D eigenvalue weighted by Gasteiger charge is -2.34. The number of aromatic nitrogens is 1. The van der Waals surface area contributed by atoms with Crippen molar-refractivity contribution in [2.45, 2.75) is 31.8 Å². The molecule has 1 aliphatic heterocycles.